The Morgan fingerprint density at radius 3 is 2.53 bits per heavy atom. The molecule has 3 N–H and O–H groups in total. The van der Waals surface area contributed by atoms with Gasteiger partial charge in [-0.05, 0) is 18.2 Å². The number of benzene rings is 1. The van der Waals surface area contributed by atoms with Gasteiger partial charge in [0.05, 0.1) is 17.5 Å². The SMILES string of the molecule is NC(=O)c1cc(NC(=O)c2ccco2)c(F)cc1F. The quantitative estimate of drug-likeness (QED) is 0.889. The van der Waals surface area contributed by atoms with Crippen molar-refractivity contribution >= 4 is 17.5 Å². The van der Waals surface area contributed by atoms with E-state index in [1.165, 1.54) is 18.4 Å². The van der Waals surface area contributed by atoms with Crippen LogP contribution in [0.15, 0.2) is 34.9 Å². The highest BCUT2D eigenvalue weighted by molar-refractivity contribution is 6.03. The lowest BCUT2D eigenvalue weighted by Gasteiger charge is -2.07. The molecule has 2 rings (SSSR count). The maximum absolute atomic E-state index is 13.5. The molecule has 0 aliphatic carbocycles. The van der Waals surface area contributed by atoms with Crippen LogP contribution in [0.5, 0.6) is 0 Å². The molecule has 1 heterocycles. The second-order valence-corrected chi connectivity index (χ2v) is 3.61. The summed E-state index contributed by atoms with van der Waals surface area (Å²) in [6.45, 7) is 0. The van der Waals surface area contributed by atoms with Crippen LogP contribution in [0.25, 0.3) is 0 Å². The van der Waals surface area contributed by atoms with Crippen molar-refractivity contribution in [3.63, 3.8) is 0 Å². The summed E-state index contributed by atoms with van der Waals surface area (Å²) in [6.07, 6.45) is 1.27. The largest absolute Gasteiger partial charge is 0.459 e. The Bertz CT molecular complexity index is 639. The number of amides is 2. The molecule has 0 radical (unpaired) electrons. The fourth-order valence-electron chi connectivity index (χ4n) is 1.43. The van der Waals surface area contributed by atoms with E-state index in [9.17, 15) is 18.4 Å². The Labute approximate surface area is 106 Å². The summed E-state index contributed by atoms with van der Waals surface area (Å²) in [7, 11) is 0. The van der Waals surface area contributed by atoms with Crippen molar-refractivity contribution in [2.24, 2.45) is 5.73 Å². The van der Waals surface area contributed by atoms with Crippen LogP contribution in [0.2, 0.25) is 0 Å². The van der Waals surface area contributed by atoms with E-state index in [4.69, 9.17) is 10.2 Å². The van der Waals surface area contributed by atoms with Crippen LogP contribution in [0.3, 0.4) is 0 Å². The second kappa shape index (κ2) is 4.89. The number of nitrogens with two attached hydrogens (primary N) is 1. The van der Waals surface area contributed by atoms with Crippen molar-refractivity contribution in [2.45, 2.75) is 0 Å². The van der Waals surface area contributed by atoms with Gasteiger partial charge in [-0.1, -0.05) is 0 Å². The van der Waals surface area contributed by atoms with Crippen LogP contribution in [-0.2, 0) is 0 Å². The van der Waals surface area contributed by atoms with Crippen LogP contribution in [0.1, 0.15) is 20.9 Å². The van der Waals surface area contributed by atoms with E-state index >= 15 is 0 Å². The van der Waals surface area contributed by atoms with E-state index < -0.39 is 29.0 Å². The van der Waals surface area contributed by atoms with Gasteiger partial charge in [-0.25, -0.2) is 8.78 Å². The third-order valence-electron chi connectivity index (χ3n) is 2.32. The number of rotatable bonds is 3. The average Bonchev–Trinajstić information content (AvgIpc) is 2.85. The number of hydrogen-bond donors (Lipinski definition) is 2. The standard InChI is InChI=1S/C12H8F2N2O3/c13-7-5-8(14)9(4-6(7)11(15)17)16-12(18)10-2-1-3-19-10/h1-5H,(H2,15,17)(H,16,18). The van der Waals surface area contributed by atoms with Gasteiger partial charge in [0.1, 0.15) is 11.6 Å². The molecule has 0 saturated carbocycles. The summed E-state index contributed by atoms with van der Waals surface area (Å²) in [6, 6.07) is 4.14. The number of carbonyl (C=O) groups is 2. The first-order valence-electron chi connectivity index (χ1n) is 5.12. The lowest BCUT2D eigenvalue weighted by Crippen LogP contribution is -2.17. The molecule has 2 aromatic rings. The number of carbonyl (C=O) groups excluding carboxylic acids is 2. The minimum Gasteiger partial charge on any atom is -0.459 e. The second-order valence-electron chi connectivity index (χ2n) is 3.61. The van der Waals surface area contributed by atoms with Gasteiger partial charge in [0.25, 0.3) is 11.8 Å². The molecule has 2 amide bonds. The lowest BCUT2D eigenvalue weighted by atomic mass is 10.1. The molecule has 0 saturated heterocycles. The molecule has 0 aliphatic heterocycles. The number of hydrogen-bond acceptors (Lipinski definition) is 3. The van der Waals surface area contributed by atoms with Gasteiger partial charge in [-0.3, -0.25) is 9.59 Å². The van der Waals surface area contributed by atoms with Crippen molar-refractivity contribution in [3.05, 3.63) is 53.5 Å². The molecular formula is C12H8F2N2O3. The zero-order chi connectivity index (χ0) is 14.0. The molecule has 5 nitrogen and oxygen atoms in total. The van der Waals surface area contributed by atoms with E-state index in [2.05, 4.69) is 5.32 Å². The monoisotopic (exact) mass is 266 g/mol. The van der Waals surface area contributed by atoms with Gasteiger partial charge >= 0.3 is 0 Å². The third-order valence-corrected chi connectivity index (χ3v) is 2.32. The van der Waals surface area contributed by atoms with Crippen LogP contribution < -0.4 is 11.1 Å². The molecule has 0 spiro atoms. The van der Waals surface area contributed by atoms with Gasteiger partial charge in [-0.15, -0.1) is 0 Å². The third kappa shape index (κ3) is 2.59. The Balaban J connectivity index is 2.32. The van der Waals surface area contributed by atoms with Crippen molar-refractivity contribution in [2.75, 3.05) is 5.32 Å². The number of anilines is 1. The summed E-state index contributed by atoms with van der Waals surface area (Å²) in [5.41, 5.74) is 4.04. The molecular weight excluding hydrogens is 258 g/mol. The first-order valence-corrected chi connectivity index (χ1v) is 5.12. The molecule has 98 valence electrons. The molecule has 7 heteroatoms. The first-order chi connectivity index (χ1) is 8.99. The average molecular weight is 266 g/mol. The first kappa shape index (κ1) is 12.7. The predicted molar refractivity (Wildman–Crippen MR) is 61.5 cm³/mol. The zero-order valence-electron chi connectivity index (χ0n) is 9.44. The highest BCUT2D eigenvalue weighted by atomic mass is 19.1. The van der Waals surface area contributed by atoms with E-state index in [-0.39, 0.29) is 11.4 Å². The highest BCUT2D eigenvalue weighted by Crippen LogP contribution is 2.20. The smallest absolute Gasteiger partial charge is 0.291 e. The van der Waals surface area contributed by atoms with E-state index in [0.29, 0.717) is 6.07 Å². The molecule has 0 aliphatic rings. The molecule has 0 bridgehead atoms. The van der Waals surface area contributed by atoms with E-state index in [1.807, 2.05) is 0 Å². The van der Waals surface area contributed by atoms with Crippen LogP contribution >= 0.6 is 0 Å². The van der Waals surface area contributed by atoms with Gasteiger partial charge < -0.3 is 15.5 Å². The van der Waals surface area contributed by atoms with Crippen molar-refractivity contribution < 1.29 is 22.8 Å². The lowest BCUT2D eigenvalue weighted by molar-refractivity contribution is 0.0985. The minimum atomic E-state index is -1.10. The molecule has 19 heavy (non-hydrogen) atoms. The summed E-state index contributed by atoms with van der Waals surface area (Å²) < 4.78 is 31.5. The molecule has 0 atom stereocenters. The maximum atomic E-state index is 13.5. The Morgan fingerprint density at radius 1 is 1.21 bits per heavy atom. The number of nitrogens with one attached hydrogen (secondary N) is 1. The van der Waals surface area contributed by atoms with Gasteiger partial charge in [0, 0.05) is 6.07 Å². The number of halogens is 2. The predicted octanol–water partition coefficient (Wildman–Crippen LogP) is 1.91. The van der Waals surface area contributed by atoms with Gasteiger partial charge in [-0.2, -0.15) is 0 Å². The summed E-state index contributed by atoms with van der Waals surface area (Å²) in [5, 5.41) is 2.15. The van der Waals surface area contributed by atoms with E-state index in [0.717, 1.165) is 6.07 Å². The Kier molecular flexibility index (Phi) is 3.28. The minimum absolute atomic E-state index is 0.0515. The number of primary amides is 1. The van der Waals surface area contributed by atoms with Crippen LogP contribution in [0.4, 0.5) is 14.5 Å². The van der Waals surface area contributed by atoms with E-state index in [1.54, 1.807) is 0 Å². The van der Waals surface area contributed by atoms with Crippen molar-refractivity contribution in [3.8, 4) is 0 Å². The van der Waals surface area contributed by atoms with Crippen LogP contribution in [-0.4, -0.2) is 11.8 Å². The molecule has 1 aromatic heterocycles. The number of furan rings is 1. The van der Waals surface area contributed by atoms with Gasteiger partial charge in [0.15, 0.2) is 5.76 Å². The Morgan fingerprint density at radius 2 is 1.95 bits per heavy atom. The zero-order valence-corrected chi connectivity index (χ0v) is 9.44. The van der Waals surface area contributed by atoms with Crippen LogP contribution in [0, 0.1) is 11.6 Å². The topological polar surface area (TPSA) is 85.3 Å². The molecule has 1 aromatic carbocycles. The normalized spacial score (nSPS) is 10.2. The summed E-state index contributed by atoms with van der Waals surface area (Å²) in [4.78, 5) is 22.5. The van der Waals surface area contributed by atoms with Crippen molar-refractivity contribution in [1.29, 1.82) is 0 Å². The maximum Gasteiger partial charge on any atom is 0.291 e. The van der Waals surface area contributed by atoms with Crippen molar-refractivity contribution in [1.82, 2.24) is 0 Å². The summed E-state index contributed by atoms with van der Waals surface area (Å²) >= 11 is 0. The molecule has 0 fully saturated rings. The molecule has 0 unspecified atom stereocenters. The Hall–Kier alpha value is -2.70. The fraction of sp³-hybridized carbons (Fsp3) is 0. The summed E-state index contributed by atoms with van der Waals surface area (Å²) in [5.74, 6) is -3.97. The fourth-order valence-corrected chi connectivity index (χ4v) is 1.43. The van der Waals surface area contributed by atoms with Gasteiger partial charge in [0.2, 0.25) is 0 Å². The highest BCUT2D eigenvalue weighted by Gasteiger charge is 2.17.